The van der Waals surface area contributed by atoms with E-state index in [9.17, 15) is 9.59 Å². The minimum absolute atomic E-state index is 0.349. The van der Waals surface area contributed by atoms with Gasteiger partial charge in [-0.2, -0.15) is 0 Å². The third kappa shape index (κ3) is 3.99. The standard InChI is InChI=1S/C19H21NO5S/c1-23-12-7-8-15(16(9-12)24-2)20-18(21)10-25-19(22)14-11-26-17-6-4-3-5-13(14)17/h7-9,11H,3-6,10H2,1-2H3,(H,20,21). The van der Waals surface area contributed by atoms with Crippen molar-refractivity contribution in [2.75, 3.05) is 26.1 Å². The molecule has 2 aromatic rings. The lowest BCUT2D eigenvalue weighted by atomic mass is 9.96. The Bertz CT molecular complexity index is 814. The zero-order valence-corrected chi connectivity index (χ0v) is 15.6. The highest BCUT2D eigenvalue weighted by Gasteiger charge is 2.21. The van der Waals surface area contributed by atoms with Crippen LogP contribution in [0.4, 0.5) is 5.69 Å². The number of thiophene rings is 1. The van der Waals surface area contributed by atoms with Crippen LogP contribution >= 0.6 is 11.3 Å². The summed E-state index contributed by atoms with van der Waals surface area (Å²) in [6, 6.07) is 5.05. The zero-order valence-electron chi connectivity index (χ0n) is 14.8. The summed E-state index contributed by atoms with van der Waals surface area (Å²) in [5.74, 6) is 0.219. The van der Waals surface area contributed by atoms with Crippen LogP contribution in [0.15, 0.2) is 23.6 Å². The summed E-state index contributed by atoms with van der Waals surface area (Å²) in [6.45, 7) is -0.349. The number of carbonyl (C=O) groups excluding carboxylic acids is 2. The summed E-state index contributed by atoms with van der Waals surface area (Å²) in [4.78, 5) is 25.7. The molecule has 0 fully saturated rings. The summed E-state index contributed by atoms with van der Waals surface area (Å²) < 4.78 is 15.6. The summed E-state index contributed by atoms with van der Waals surface area (Å²) in [5.41, 5.74) is 2.17. The minimum atomic E-state index is -0.443. The van der Waals surface area contributed by atoms with E-state index in [1.165, 1.54) is 12.0 Å². The molecule has 1 N–H and O–H groups in total. The third-order valence-electron chi connectivity index (χ3n) is 4.30. The number of anilines is 1. The van der Waals surface area contributed by atoms with Crippen molar-refractivity contribution in [2.24, 2.45) is 0 Å². The van der Waals surface area contributed by atoms with Crippen LogP contribution in [0.1, 0.15) is 33.6 Å². The Labute approximate surface area is 156 Å². The van der Waals surface area contributed by atoms with Crippen molar-refractivity contribution >= 4 is 28.9 Å². The molecule has 0 saturated carbocycles. The average molecular weight is 375 g/mol. The van der Waals surface area contributed by atoms with Crippen molar-refractivity contribution < 1.29 is 23.8 Å². The normalized spacial score (nSPS) is 12.8. The second kappa shape index (κ2) is 8.23. The van der Waals surface area contributed by atoms with Gasteiger partial charge in [-0.1, -0.05) is 0 Å². The van der Waals surface area contributed by atoms with Crippen molar-refractivity contribution in [3.05, 3.63) is 39.6 Å². The van der Waals surface area contributed by atoms with Crippen LogP contribution in [0.5, 0.6) is 11.5 Å². The molecule has 0 radical (unpaired) electrons. The molecule has 1 heterocycles. The number of methoxy groups -OCH3 is 2. The van der Waals surface area contributed by atoms with Crippen LogP contribution in [0.3, 0.4) is 0 Å². The highest BCUT2D eigenvalue weighted by Crippen LogP contribution is 2.31. The molecule has 0 bridgehead atoms. The van der Waals surface area contributed by atoms with Crippen molar-refractivity contribution in [3.63, 3.8) is 0 Å². The molecule has 1 amide bonds. The first-order chi connectivity index (χ1) is 12.6. The van der Waals surface area contributed by atoms with Gasteiger partial charge in [0.1, 0.15) is 11.5 Å². The van der Waals surface area contributed by atoms with Crippen LogP contribution < -0.4 is 14.8 Å². The molecule has 26 heavy (non-hydrogen) atoms. The summed E-state index contributed by atoms with van der Waals surface area (Å²) >= 11 is 1.60. The molecule has 1 aromatic heterocycles. The Balaban J connectivity index is 1.59. The number of nitrogens with one attached hydrogen (secondary N) is 1. The minimum Gasteiger partial charge on any atom is -0.497 e. The number of ether oxygens (including phenoxy) is 3. The van der Waals surface area contributed by atoms with Gasteiger partial charge in [0.15, 0.2) is 6.61 Å². The first-order valence-electron chi connectivity index (χ1n) is 8.40. The summed E-state index contributed by atoms with van der Waals surface area (Å²) in [6.07, 6.45) is 4.17. The number of hydrogen-bond donors (Lipinski definition) is 1. The van der Waals surface area contributed by atoms with E-state index in [0.29, 0.717) is 22.7 Å². The number of rotatable bonds is 6. The number of carbonyl (C=O) groups is 2. The molecule has 1 aliphatic carbocycles. The molecular weight excluding hydrogens is 354 g/mol. The fraction of sp³-hybridized carbons (Fsp3) is 0.368. The van der Waals surface area contributed by atoms with Crippen LogP contribution in [0.25, 0.3) is 0 Å². The van der Waals surface area contributed by atoms with Gasteiger partial charge >= 0.3 is 5.97 Å². The van der Waals surface area contributed by atoms with Crippen LogP contribution in [-0.2, 0) is 22.4 Å². The number of amides is 1. The highest BCUT2D eigenvalue weighted by atomic mass is 32.1. The second-order valence-corrected chi connectivity index (χ2v) is 6.91. The molecule has 0 saturated heterocycles. The van der Waals surface area contributed by atoms with Gasteiger partial charge in [-0.25, -0.2) is 4.79 Å². The van der Waals surface area contributed by atoms with Crippen LogP contribution in [0, 0.1) is 0 Å². The van der Waals surface area contributed by atoms with E-state index in [4.69, 9.17) is 14.2 Å². The molecule has 7 heteroatoms. The topological polar surface area (TPSA) is 73.9 Å². The molecule has 1 aromatic carbocycles. The molecule has 0 atom stereocenters. The summed E-state index contributed by atoms with van der Waals surface area (Å²) in [5, 5.41) is 4.52. The molecule has 0 spiro atoms. The first-order valence-corrected chi connectivity index (χ1v) is 9.28. The maximum Gasteiger partial charge on any atom is 0.339 e. The Morgan fingerprint density at radius 3 is 2.73 bits per heavy atom. The predicted octanol–water partition coefficient (Wildman–Crippen LogP) is 3.44. The van der Waals surface area contributed by atoms with Gasteiger partial charge in [-0.15, -0.1) is 11.3 Å². The van der Waals surface area contributed by atoms with E-state index < -0.39 is 11.9 Å². The fourth-order valence-electron chi connectivity index (χ4n) is 2.96. The largest absolute Gasteiger partial charge is 0.497 e. The number of hydrogen-bond acceptors (Lipinski definition) is 6. The van der Waals surface area contributed by atoms with E-state index in [1.807, 2.05) is 5.38 Å². The molecule has 0 unspecified atom stereocenters. The molecule has 138 valence electrons. The van der Waals surface area contributed by atoms with Gasteiger partial charge in [0.25, 0.3) is 5.91 Å². The van der Waals surface area contributed by atoms with Crippen molar-refractivity contribution in [1.29, 1.82) is 0 Å². The van der Waals surface area contributed by atoms with Gasteiger partial charge in [0.05, 0.1) is 25.5 Å². The monoisotopic (exact) mass is 375 g/mol. The molecular formula is C19H21NO5S. The van der Waals surface area contributed by atoms with Gasteiger partial charge < -0.3 is 19.5 Å². The zero-order chi connectivity index (χ0) is 18.5. The predicted molar refractivity (Wildman–Crippen MR) is 99.4 cm³/mol. The number of fused-ring (bicyclic) bond motifs is 1. The fourth-order valence-corrected chi connectivity index (χ4v) is 4.08. The Morgan fingerprint density at radius 1 is 1.15 bits per heavy atom. The summed E-state index contributed by atoms with van der Waals surface area (Å²) in [7, 11) is 3.06. The maximum atomic E-state index is 12.3. The molecule has 6 nitrogen and oxygen atoms in total. The van der Waals surface area contributed by atoms with Gasteiger partial charge in [0.2, 0.25) is 0 Å². The SMILES string of the molecule is COc1ccc(NC(=O)COC(=O)c2csc3c2CCCC3)c(OC)c1. The van der Waals surface area contributed by atoms with Gasteiger partial charge in [0, 0.05) is 16.3 Å². The average Bonchev–Trinajstić information content (AvgIpc) is 3.10. The maximum absolute atomic E-state index is 12.3. The van der Waals surface area contributed by atoms with E-state index in [1.54, 1.807) is 36.6 Å². The van der Waals surface area contributed by atoms with Gasteiger partial charge in [-0.3, -0.25) is 4.79 Å². The quantitative estimate of drug-likeness (QED) is 0.783. The van der Waals surface area contributed by atoms with E-state index >= 15 is 0 Å². The molecule has 1 aliphatic rings. The Morgan fingerprint density at radius 2 is 1.96 bits per heavy atom. The number of esters is 1. The highest BCUT2D eigenvalue weighted by molar-refractivity contribution is 7.10. The third-order valence-corrected chi connectivity index (χ3v) is 5.39. The van der Waals surface area contributed by atoms with Crippen molar-refractivity contribution in [2.45, 2.75) is 25.7 Å². The van der Waals surface area contributed by atoms with E-state index in [2.05, 4.69) is 5.32 Å². The number of aryl methyl sites for hydroxylation is 1. The van der Waals surface area contributed by atoms with Crippen LogP contribution in [0.2, 0.25) is 0 Å². The van der Waals surface area contributed by atoms with Crippen LogP contribution in [-0.4, -0.2) is 32.7 Å². The Hall–Kier alpha value is -2.54. The van der Waals surface area contributed by atoms with Crippen molar-refractivity contribution in [3.8, 4) is 11.5 Å². The molecule has 0 aliphatic heterocycles. The first kappa shape index (κ1) is 18.3. The van der Waals surface area contributed by atoms with Gasteiger partial charge in [-0.05, 0) is 43.4 Å². The van der Waals surface area contributed by atoms with E-state index in [-0.39, 0.29) is 6.61 Å². The molecule has 3 rings (SSSR count). The number of benzene rings is 1. The lowest BCUT2D eigenvalue weighted by Crippen LogP contribution is -2.21. The smallest absolute Gasteiger partial charge is 0.339 e. The van der Waals surface area contributed by atoms with E-state index in [0.717, 1.165) is 31.2 Å². The second-order valence-electron chi connectivity index (χ2n) is 5.95. The lowest BCUT2D eigenvalue weighted by Gasteiger charge is -2.13. The Kier molecular flexibility index (Phi) is 5.78. The lowest BCUT2D eigenvalue weighted by molar-refractivity contribution is -0.119. The van der Waals surface area contributed by atoms with Crippen molar-refractivity contribution in [1.82, 2.24) is 0 Å².